The molecule has 1 aliphatic rings. The van der Waals surface area contributed by atoms with Gasteiger partial charge in [0.15, 0.2) is 4.67 Å². The molecule has 3 rings (SSSR count). The van der Waals surface area contributed by atoms with Crippen molar-refractivity contribution in [2.24, 2.45) is 4.99 Å². The molecule has 0 spiro atoms. The molecule has 1 aromatic heterocycles. The number of furan rings is 1. The third kappa shape index (κ3) is 4.09. The number of carbonyl (C=O) groups excluding carboxylic acids is 2. The van der Waals surface area contributed by atoms with Crippen molar-refractivity contribution in [1.82, 2.24) is 10.2 Å². The third-order valence-electron chi connectivity index (χ3n) is 3.39. The summed E-state index contributed by atoms with van der Waals surface area (Å²) in [7, 11) is 1.60. The Morgan fingerprint density at radius 2 is 2.12 bits per heavy atom. The van der Waals surface area contributed by atoms with E-state index in [1.807, 2.05) is 0 Å². The van der Waals surface area contributed by atoms with Gasteiger partial charge in [-0.15, -0.1) is 0 Å². The molecule has 3 amide bonds. The fourth-order valence-electron chi connectivity index (χ4n) is 2.15. The number of anilines is 1. The number of guanidine groups is 1. The maximum Gasteiger partial charge on any atom is 0.348 e. The Morgan fingerprint density at radius 1 is 1.35 bits per heavy atom. The van der Waals surface area contributed by atoms with Crippen LogP contribution in [-0.4, -0.2) is 29.8 Å². The zero-order chi connectivity index (χ0) is 18.8. The first kappa shape index (κ1) is 18.5. The monoisotopic (exact) mass is 456 g/mol. The average Bonchev–Trinajstić information content (AvgIpc) is 3.09. The minimum absolute atomic E-state index is 0.0782. The number of benzene rings is 1. The summed E-state index contributed by atoms with van der Waals surface area (Å²) < 4.78 is 5.89. The number of nitrogens with zero attached hydrogens (tertiary/aromatic N) is 2. The van der Waals surface area contributed by atoms with E-state index in [0.29, 0.717) is 21.1 Å². The number of carbonyl (C=O) groups is 2. The van der Waals surface area contributed by atoms with Crippen LogP contribution >= 0.6 is 39.1 Å². The maximum atomic E-state index is 12.1. The number of amides is 3. The number of aliphatic imine (C=N–C) groups is 1. The Kier molecular flexibility index (Phi) is 5.36. The van der Waals surface area contributed by atoms with Gasteiger partial charge >= 0.3 is 6.03 Å². The molecule has 7 nitrogen and oxygen atoms in total. The molecule has 0 bridgehead atoms. The van der Waals surface area contributed by atoms with E-state index in [9.17, 15) is 9.59 Å². The Balaban J connectivity index is 1.77. The Hall–Kier alpha value is -2.29. The first-order chi connectivity index (χ1) is 12.3. The van der Waals surface area contributed by atoms with Gasteiger partial charge in [0.25, 0.3) is 5.91 Å². The first-order valence-corrected chi connectivity index (χ1v) is 8.75. The predicted molar refractivity (Wildman–Crippen MR) is 103 cm³/mol. The summed E-state index contributed by atoms with van der Waals surface area (Å²) in [5, 5.41) is 5.77. The van der Waals surface area contributed by atoms with Crippen LogP contribution in [-0.2, 0) is 4.79 Å². The lowest BCUT2D eigenvalue weighted by Gasteiger charge is -2.10. The summed E-state index contributed by atoms with van der Waals surface area (Å²) in [5.41, 5.74) is 0.636. The number of hydrogen-bond donors (Lipinski definition) is 2. The summed E-state index contributed by atoms with van der Waals surface area (Å²) in [6, 6.07) is 7.35. The average molecular weight is 458 g/mol. The van der Waals surface area contributed by atoms with Crippen molar-refractivity contribution >= 4 is 68.8 Å². The Bertz CT molecular complexity index is 955. The Labute approximate surface area is 166 Å². The van der Waals surface area contributed by atoms with Crippen molar-refractivity contribution in [2.45, 2.75) is 0 Å². The summed E-state index contributed by atoms with van der Waals surface area (Å²) in [4.78, 5) is 29.5. The quantitative estimate of drug-likeness (QED) is 0.656. The van der Waals surface area contributed by atoms with Gasteiger partial charge in [-0.1, -0.05) is 23.2 Å². The molecule has 26 heavy (non-hydrogen) atoms. The highest BCUT2D eigenvalue weighted by molar-refractivity contribution is 9.10. The zero-order valence-electron chi connectivity index (χ0n) is 13.2. The van der Waals surface area contributed by atoms with Crippen LogP contribution in [0.4, 0.5) is 10.5 Å². The second-order valence-corrected chi connectivity index (χ2v) is 6.80. The molecule has 0 saturated carbocycles. The lowest BCUT2D eigenvalue weighted by atomic mass is 10.3. The molecule has 1 saturated heterocycles. The highest BCUT2D eigenvalue weighted by Gasteiger charge is 2.29. The van der Waals surface area contributed by atoms with E-state index in [4.69, 9.17) is 27.6 Å². The predicted octanol–water partition coefficient (Wildman–Crippen LogP) is 4.34. The third-order valence-corrected chi connectivity index (χ3v) is 4.36. The van der Waals surface area contributed by atoms with Gasteiger partial charge in [0, 0.05) is 18.1 Å². The van der Waals surface area contributed by atoms with Crippen molar-refractivity contribution in [3.05, 3.63) is 56.5 Å². The van der Waals surface area contributed by atoms with Gasteiger partial charge in [-0.05, 0) is 46.3 Å². The van der Waals surface area contributed by atoms with Crippen LogP contribution in [0, 0.1) is 0 Å². The van der Waals surface area contributed by atoms with E-state index in [0.717, 1.165) is 0 Å². The van der Waals surface area contributed by atoms with Crippen molar-refractivity contribution in [3.8, 4) is 0 Å². The smallest absolute Gasteiger partial charge is 0.348 e. The number of urea groups is 1. The zero-order valence-corrected chi connectivity index (χ0v) is 16.3. The van der Waals surface area contributed by atoms with Crippen molar-refractivity contribution in [2.75, 3.05) is 12.4 Å². The lowest BCUT2D eigenvalue weighted by molar-refractivity contribution is -0.115. The molecule has 134 valence electrons. The number of halogens is 3. The number of nitrogens with one attached hydrogen (secondary N) is 2. The normalized spacial score (nSPS) is 17.1. The molecule has 1 fully saturated rings. The first-order valence-electron chi connectivity index (χ1n) is 7.20. The van der Waals surface area contributed by atoms with Gasteiger partial charge in [0.05, 0.1) is 10.7 Å². The standard InChI is InChI=1S/C16H11BrCl2N4O3/c1-23-12(7-9-3-5-13(17)26-9)14(24)21-15(23)22-16(25)20-11-4-2-8(18)6-10(11)19/h2-7H,1H3,(H2,20,21,22,24,25)/b12-7-. The van der Waals surface area contributed by atoms with E-state index in [-0.39, 0.29) is 16.7 Å². The summed E-state index contributed by atoms with van der Waals surface area (Å²) >= 11 is 15.0. The largest absolute Gasteiger partial charge is 0.450 e. The highest BCUT2D eigenvalue weighted by Crippen LogP contribution is 2.25. The van der Waals surface area contributed by atoms with Gasteiger partial charge in [-0.3, -0.25) is 10.1 Å². The summed E-state index contributed by atoms with van der Waals surface area (Å²) in [6.45, 7) is 0. The van der Waals surface area contributed by atoms with E-state index < -0.39 is 11.9 Å². The Morgan fingerprint density at radius 3 is 2.77 bits per heavy atom. The van der Waals surface area contributed by atoms with Crippen LogP contribution in [0.1, 0.15) is 5.76 Å². The highest BCUT2D eigenvalue weighted by atomic mass is 79.9. The SMILES string of the molecule is CN1/C(=C\c2ccc(Br)o2)C(=O)N/C1=N\C(=O)Nc1ccc(Cl)cc1Cl. The van der Waals surface area contributed by atoms with Crippen molar-refractivity contribution in [3.63, 3.8) is 0 Å². The van der Waals surface area contributed by atoms with Crippen LogP contribution in [0.2, 0.25) is 10.0 Å². The molecule has 2 heterocycles. The van der Waals surface area contributed by atoms with Crippen LogP contribution in [0.15, 0.2) is 50.1 Å². The molecule has 0 radical (unpaired) electrons. The lowest BCUT2D eigenvalue weighted by Crippen LogP contribution is -2.29. The van der Waals surface area contributed by atoms with Gasteiger partial charge in [-0.2, -0.15) is 4.99 Å². The minimum atomic E-state index is -0.696. The maximum absolute atomic E-state index is 12.1. The molecule has 1 aromatic carbocycles. The van der Waals surface area contributed by atoms with Gasteiger partial charge in [0.1, 0.15) is 11.5 Å². The van der Waals surface area contributed by atoms with Gasteiger partial charge < -0.3 is 14.6 Å². The number of rotatable bonds is 2. The van der Waals surface area contributed by atoms with E-state index in [1.54, 1.807) is 31.3 Å². The number of likely N-dealkylation sites (N-methyl/N-ethyl adjacent to an activating group) is 1. The number of hydrogen-bond acceptors (Lipinski definition) is 3. The summed E-state index contributed by atoms with van der Waals surface area (Å²) in [5.74, 6) is 0.151. The van der Waals surface area contributed by atoms with Crippen LogP contribution in [0.25, 0.3) is 6.08 Å². The van der Waals surface area contributed by atoms with E-state index >= 15 is 0 Å². The molecule has 2 aromatic rings. The molecular formula is C16H11BrCl2N4O3. The van der Waals surface area contributed by atoms with E-state index in [1.165, 1.54) is 17.0 Å². The minimum Gasteiger partial charge on any atom is -0.450 e. The molecule has 1 aliphatic heterocycles. The van der Waals surface area contributed by atoms with Crippen molar-refractivity contribution < 1.29 is 14.0 Å². The van der Waals surface area contributed by atoms with Gasteiger partial charge in [0.2, 0.25) is 5.96 Å². The van der Waals surface area contributed by atoms with E-state index in [2.05, 4.69) is 31.6 Å². The van der Waals surface area contributed by atoms with Crippen LogP contribution < -0.4 is 10.6 Å². The molecule has 2 N–H and O–H groups in total. The second-order valence-electron chi connectivity index (χ2n) is 5.17. The van der Waals surface area contributed by atoms with Crippen LogP contribution in [0.5, 0.6) is 0 Å². The molecule has 0 atom stereocenters. The van der Waals surface area contributed by atoms with Crippen molar-refractivity contribution in [1.29, 1.82) is 0 Å². The fourth-order valence-corrected chi connectivity index (χ4v) is 2.93. The molecular weight excluding hydrogens is 447 g/mol. The van der Waals surface area contributed by atoms with Crippen LogP contribution in [0.3, 0.4) is 0 Å². The molecule has 0 unspecified atom stereocenters. The molecule has 0 aliphatic carbocycles. The summed E-state index contributed by atoms with van der Waals surface area (Å²) in [6.07, 6.45) is 1.54. The van der Waals surface area contributed by atoms with Gasteiger partial charge in [-0.25, -0.2) is 4.79 Å². The topological polar surface area (TPSA) is 86.9 Å². The second kappa shape index (κ2) is 7.53. The fraction of sp³-hybridized carbons (Fsp3) is 0.0625. The molecule has 10 heteroatoms.